The number of nitrogens with one attached hydrogen (secondary N) is 1. The highest BCUT2D eigenvalue weighted by Crippen LogP contribution is 2.25. The quantitative estimate of drug-likeness (QED) is 0.840. The maximum atomic E-state index is 12.0. The first-order chi connectivity index (χ1) is 12.0. The van der Waals surface area contributed by atoms with Gasteiger partial charge in [0.05, 0.1) is 20.1 Å². The van der Waals surface area contributed by atoms with Crippen LogP contribution < -0.4 is 14.8 Å². The van der Waals surface area contributed by atoms with Crippen LogP contribution in [0.1, 0.15) is 16.8 Å². The Morgan fingerprint density at radius 2 is 1.64 bits per heavy atom. The number of carbonyl (C=O) groups excluding carboxylic acids is 2. The molecule has 0 spiro atoms. The summed E-state index contributed by atoms with van der Waals surface area (Å²) in [7, 11) is 4.96. The van der Waals surface area contributed by atoms with Crippen LogP contribution >= 0.6 is 0 Å². The molecule has 2 amide bonds. The second-order valence-corrected chi connectivity index (χ2v) is 5.57. The van der Waals surface area contributed by atoms with Gasteiger partial charge in [0.2, 0.25) is 5.91 Å². The third-order valence-electron chi connectivity index (χ3n) is 3.48. The minimum atomic E-state index is -0.165. The Bertz CT molecular complexity index is 726. The molecule has 2 aromatic carbocycles. The predicted octanol–water partition coefficient (Wildman–Crippen LogP) is 2.80. The highest BCUT2D eigenvalue weighted by Gasteiger charge is 2.09. The highest BCUT2D eigenvalue weighted by molar-refractivity contribution is 5.95. The van der Waals surface area contributed by atoms with Gasteiger partial charge in [-0.1, -0.05) is 12.1 Å². The summed E-state index contributed by atoms with van der Waals surface area (Å²) < 4.78 is 10.8. The van der Waals surface area contributed by atoms with Crippen molar-refractivity contribution in [2.75, 3.05) is 33.1 Å². The third kappa shape index (κ3) is 5.24. The monoisotopic (exact) mass is 342 g/mol. The molecule has 0 bridgehead atoms. The van der Waals surface area contributed by atoms with E-state index in [1.165, 1.54) is 4.90 Å². The Morgan fingerprint density at radius 1 is 1.00 bits per heavy atom. The van der Waals surface area contributed by atoms with Crippen molar-refractivity contribution in [3.05, 3.63) is 54.1 Å². The molecule has 132 valence electrons. The zero-order valence-electron chi connectivity index (χ0n) is 14.6. The van der Waals surface area contributed by atoms with Gasteiger partial charge in [0, 0.05) is 25.3 Å². The van der Waals surface area contributed by atoms with Gasteiger partial charge in [0.15, 0.2) is 11.5 Å². The lowest BCUT2D eigenvalue weighted by Crippen LogP contribution is -2.21. The molecule has 6 nitrogen and oxygen atoms in total. The molecule has 1 N–H and O–H groups in total. The van der Waals surface area contributed by atoms with E-state index in [0.29, 0.717) is 22.7 Å². The van der Waals surface area contributed by atoms with Crippen LogP contribution in [0.2, 0.25) is 0 Å². The smallest absolute Gasteiger partial charge is 0.253 e. The first-order valence-corrected chi connectivity index (χ1v) is 7.88. The molecule has 0 atom stereocenters. The van der Waals surface area contributed by atoms with E-state index in [0.717, 1.165) is 0 Å². The molecular formula is C19H22N2O4. The maximum absolute atomic E-state index is 12.0. The van der Waals surface area contributed by atoms with Crippen molar-refractivity contribution < 1.29 is 19.1 Å². The van der Waals surface area contributed by atoms with Gasteiger partial charge in [-0.25, -0.2) is 0 Å². The third-order valence-corrected chi connectivity index (χ3v) is 3.48. The second kappa shape index (κ2) is 8.73. The largest absolute Gasteiger partial charge is 0.493 e. The van der Waals surface area contributed by atoms with Crippen molar-refractivity contribution in [1.82, 2.24) is 4.90 Å². The first-order valence-electron chi connectivity index (χ1n) is 7.88. The Hall–Kier alpha value is -3.02. The summed E-state index contributed by atoms with van der Waals surface area (Å²) in [5, 5.41) is 2.78. The number of para-hydroxylation sites is 2. The number of anilines is 1. The number of amides is 2. The van der Waals surface area contributed by atoms with Crippen molar-refractivity contribution in [1.29, 1.82) is 0 Å². The van der Waals surface area contributed by atoms with Crippen molar-refractivity contribution in [3.8, 4) is 11.5 Å². The van der Waals surface area contributed by atoms with Gasteiger partial charge in [-0.05, 0) is 36.4 Å². The summed E-state index contributed by atoms with van der Waals surface area (Å²) in [5.41, 5.74) is 1.21. The van der Waals surface area contributed by atoms with Crippen molar-refractivity contribution in [2.24, 2.45) is 0 Å². The standard InChI is InChI=1S/C19H22N2O4/c1-21(2)19(23)14-8-10-15(11-9-14)20-18(22)12-13-25-17-7-5-4-6-16(17)24-3/h4-11H,12-13H2,1-3H3,(H,20,22). The number of hydrogen-bond donors (Lipinski definition) is 1. The summed E-state index contributed by atoms with van der Waals surface area (Å²) in [4.78, 5) is 25.3. The number of methoxy groups -OCH3 is 1. The number of nitrogens with zero attached hydrogens (tertiary/aromatic N) is 1. The number of benzene rings is 2. The van der Waals surface area contributed by atoms with Crippen molar-refractivity contribution in [3.63, 3.8) is 0 Å². The SMILES string of the molecule is COc1ccccc1OCCC(=O)Nc1ccc(C(=O)N(C)C)cc1. The van der Waals surface area contributed by atoms with Gasteiger partial charge in [-0.15, -0.1) is 0 Å². The summed E-state index contributed by atoms with van der Waals surface area (Å²) >= 11 is 0. The molecule has 0 fully saturated rings. The fourth-order valence-electron chi connectivity index (χ4n) is 2.17. The molecule has 0 aliphatic rings. The van der Waals surface area contributed by atoms with Crippen LogP contribution in [0.15, 0.2) is 48.5 Å². The molecule has 0 saturated carbocycles. The molecule has 0 saturated heterocycles. The van der Waals surface area contributed by atoms with Crippen LogP contribution in [0.5, 0.6) is 11.5 Å². The van der Waals surface area contributed by atoms with Gasteiger partial charge in [0.25, 0.3) is 5.91 Å². The van der Waals surface area contributed by atoms with E-state index in [1.54, 1.807) is 57.6 Å². The minimum absolute atomic E-state index is 0.0805. The summed E-state index contributed by atoms with van der Waals surface area (Å²) in [6.07, 6.45) is 0.205. The van der Waals surface area contributed by atoms with E-state index in [2.05, 4.69) is 5.32 Å². The summed E-state index contributed by atoms with van der Waals surface area (Å²) in [5.74, 6) is 0.984. The number of carbonyl (C=O) groups is 2. The maximum Gasteiger partial charge on any atom is 0.253 e. The zero-order chi connectivity index (χ0) is 18.2. The van der Waals surface area contributed by atoms with E-state index in [-0.39, 0.29) is 24.8 Å². The number of hydrogen-bond acceptors (Lipinski definition) is 4. The average Bonchev–Trinajstić information content (AvgIpc) is 2.62. The fraction of sp³-hybridized carbons (Fsp3) is 0.263. The Morgan fingerprint density at radius 3 is 2.24 bits per heavy atom. The molecule has 2 aromatic rings. The van der Waals surface area contributed by atoms with Crippen LogP contribution in [-0.2, 0) is 4.79 Å². The Balaban J connectivity index is 1.83. The van der Waals surface area contributed by atoms with Gasteiger partial charge in [0.1, 0.15) is 0 Å². The molecule has 6 heteroatoms. The Labute approximate surface area is 147 Å². The van der Waals surface area contributed by atoms with E-state index >= 15 is 0 Å². The summed E-state index contributed by atoms with van der Waals surface area (Å²) in [6, 6.07) is 14.1. The van der Waals surface area contributed by atoms with Gasteiger partial charge >= 0.3 is 0 Å². The Kier molecular flexibility index (Phi) is 6.39. The van der Waals surface area contributed by atoms with E-state index < -0.39 is 0 Å². The van der Waals surface area contributed by atoms with Crippen LogP contribution in [0.3, 0.4) is 0 Å². The zero-order valence-corrected chi connectivity index (χ0v) is 14.6. The molecule has 0 radical (unpaired) electrons. The highest BCUT2D eigenvalue weighted by atomic mass is 16.5. The fourth-order valence-corrected chi connectivity index (χ4v) is 2.17. The minimum Gasteiger partial charge on any atom is -0.493 e. The molecule has 0 aliphatic carbocycles. The van der Waals surface area contributed by atoms with E-state index in [4.69, 9.17) is 9.47 Å². The average molecular weight is 342 g/mol. The van der Waals surface area contributed by atoms with E-state index in [9.17, 15) is 9.59 Å². The lowest BCUT2D eigenvalue weighted by Gasteiger charge is -2.12. The molecular weight excluding hydrogens is 320 g/mol. The molecule has 0 heterocycles. The van der Waals surface area contributed by atoms with Crippen molar-refractivity contribution >= 4 is 17.5 Å². The molecule has 25 heavy (non-hydrogen) atoms. The van der Waals surface area contributed by atoms with Crippen LogP contribution in [0, 0.1) is 0 Å². The predicted molar refractivity (Wildman–Crippen MR) is 96.2 cm³/mol. The van der Waals surface area contributed by atoms with Gasteiger partial charge in [-0.2, -0.15) is 0 Å². The van der Waals surface area contributed by atoms with Crippen molar-refractivity contribution in [2.45, 2.75) is 6.42 Å². The van der Waals surface area contributed by atoms with Crippen LogP contribution in [0.4, 0.5) is 5.69 Å². The topological polar surface area (TPSA) is 67.9 Å². The molecule has 0 aliphatic heterocycles. The molecule has 0 unspecified atom stereocenters. The lowest BCUT2D eigenvalue weighted by atomic mass is 10.2. The van der Waals surface area contributed by atoms with Gasteiger partial charge in [-0.3, -0.25) is 9.59 Å². The number of rotatable bonds is 7. The second-order valence-electron chi connectivity index (χ2n) is 5.57. The van der Waals surface area contributed by atoms with Crippen LogP contribution in [-0.4, -0.2) is 44.5 Å². The first kappa shape index (κ1) is 18.3. The normalized spacial score (nSPS) is 10.0. The van der Waals surface area contributed by atoms with Crippen LogP contribution in [0.25, 0.3) is 0 Å². The number of ether oxygens (including phenoxy) is 2. The molecule has 2 rings (SSSR count). The summed E-state index contributed by atoms with van der Waals surface area (Å²) in [6.45, 7) is 0.239. The molecule has 0 aromatic heterocycles. The van der Waals surface area contributed by atoms with E-state index in [1.807, 2.05) is 12.1 Å². The lowest BCUT2D eigenvalue weighted by molar-refractivity contribution is -0.116. The van der Waals surface area contributed by atoms with Gasteiger partial charge < -0.3 is 19.7 Å².